The van der Waals surface area contributed by atoms with Crippen LogP contribution in [-0.4, -0.2) is 30.5 Å². The predicted octanol–water partition coefficient (Wildman–Crippen LogP) is 2.40. The van der Waals surface area contributed by atoms with Crippen LogP contribution in [0.4, 0.5) is 15.8 Å². The smallest absolute Gasteiger partial charge is 0.327 e. The van der Waals surface area contributed by atoms with Gasteiger partial charge in [0.05, 0.1) is 15.5 Å². The van der Waals surface area contributed by atoms with Crippen LogP contribution in [0.1, 0.15) is 6.92 Å². The average Bonchev–Trinajstić information content (AvgIpc) is 2.56. The summed E-state index contributed by atoms with van der Waals surface area (Å²) in [6, 6.07) is 7.24. The average molecular weight is 368 g/mol. The highest BCUT2D eigenvalue weighted by molar-refractivity contribution is 7.93. The minimum Gasteiger partial charge on any atom is -0.480 e. The van der Waals surface area contributed by atoms with E-state index in [1.807, 2.05) is 0 Å². The molecule has 1 N–H and O–H groups in total. The SMILES string of the molecule is CC(C(=O)O)N(c1ccccc1F)S(=O)(=O)c1cccc([N+](=O)[O-])c1. The molecule has 0 aliphatic carbocycles. The fourth-order valence-corrected chi connectivity index (χ4v) is 3.81. The van der Waals surface area contributed by atoms with Crippen LogP contribution in [0.5, 0.6) is 0 Å². The summed E-state index contributed by atoms with van der Waals surface area (Å²) >= 11 is 0. The number of para-hydroxylation sites is 1. The molecule has 1 atom stereocenters. The number of nitro groups is 1. The normalized spacial score (nSPS) is 12.4. The molecule has 0 aliphatic rings. The molecule has 2 aromatic carbocycles. The molecule has 0 saturated carbocycles. The zero-order valence-electron chi connectivity index (χ0n) is 12.9. The molecule has 0 aromatic heterocycles. The van der Waals surface area contributed by atoms with Crippen LogP contribution in [0.15, 0.2) is 53.4 Å². The standard InChI is InChI=1S/C15H13FN2O6S/c1-10(15(19)20)17(14-8-3-2-7-13(14)16)25(23,24)12-6-4-5-11(9-12)18(21)22/h2-10H,1H3,(H,19,20). The van der Waals surface area contributed by atoms with Crippen LogP contribution in [0.3, 0.4) is 0 Å². The van der Waals surface area contributed by atoms with E-state index in [1.165, 1.54) is 12.1 Å². The first-order valence-corrected chi connectivity index (χ1v) is 8.36. The summed E-state index contributed by atoms with van der Waals surface area (Å²) in [4.78, 5) is 20.9. The number of sulfonamides is 1. The van der Waals surface area contributed by atoms with Gasteiger partial charge in [0, 0.05) is 12.1 Å². The highest BCUT2D eigenvalue weighted by Gasteiger charge is 2.35. The molecule has 0 bridgehead atoms. The minimum absolute atomic E-state index is 0.393. The van der Waals surface area contributed by atoms with Crippen molar-refractivity contribution in [2.75, 3.05) is 4.31 Å². The third-order valence-electron chi connectivity index (χ3n) is 3.38. The Morgan fingerprint density at radius 1 is 1.24 bits per heavy atom. The first kappa shape index (κ1) is 18.3. The third kappa shape index (κ3) is 3.58. The number of non-ortho nitro benzene ring substituents is 1. The van der Waals surface area contributed by atoms with E-state index in [0.29, 0.717) is 4.31 Å². The summed E-state index contributed by atoms with van der Waals surface area (Å²) in [6.45, 7) is 1.07. The Hall–Kier alpha value is -3.01. The lowest BCUT2D eigenvalue weighted by Crippen LogP contribution is -2.43. The van der Waals surface area contributed by atoms with Crippen molar-refractivity contribution in [3.8, 4) is 0 Å². The summed E-state index contributed by atoms with van der Waals surface area (Å²) in [7, 11) is -4.57. The first-order chi connectivity index (χ1) is 11.7. The van der Waals surface area contributed by atoms with Gasteiger partial charge in [0.2, 0.25) is 0 Å². The molecule has 10 heteroatoms. The third-order valence-corrected chi connectivity index (χ3v) is 5.26. The van der Waals surface area contributed by atoms with Crippen LogP contribution in [0.25, 0.3) is 0 Å². The quantitative estimate of drug-likeness (QED) is 0.618. The summed E-state index contributed by atoms with van der Waals surface area (Å²) in [5.74, 6) is -2.44. The Morgan fingerprint density at radius 3 is 2.44 bits per heavy atom. The molecule has 0 amide bonds. The minimum atomic E-state index is -4.57. The van der Waals surface area contributed by atoms with Crippen LogP contribution >= 0.6 is 0 Å². The molecule has 0 fully saturated rings. The predicted molar refractivity (Wildman–Crippen MR) is 86.3 cm³/mol. The van der Waals surface area contributed by atoms with E-state index in [-0.39, 0.29) is 0 Å². The van der Waals surface area contributed by atoms with Crippen LogP contribution in [-0.2, 0) is 14.8 Å². The highest BCUT2D eigenvalue weighted by Crippen LogP contribution is 2.29. The lowest BCUT2D eigenvalue weighted by molar-refractivity contribution is -0.385. The number of nitrogens with zero attached hydrogens (tertiary/aromatic N) is 2. The first-order valence-electron chi connectivity index (χ1n) is 6.92. The van der Waals surface area contributed by atoms with Gasteiger partial charge in [-0.05, 0) is 25.1 Å². The van der Waals surface area contributed by atoms with Gasteiger partial charge in [0.25, 0.3) is 15.7 Å². The van der Waals surface area contributed by atoms with Gasteiger partial charge in [-0.15, -0.1) is 0 Å². The van der Waals surface area contributed by atoms with Gasteiger partial charge in [-0.1, -0.05) is 18.2 Å². The van der Waals surface area contributed by atoms with Crippen molar-refractivity contribution in [1.29, 1.82) is 0 Å². The van der Waals surface area contributed by atoms with Gasteiger partial charge in [0.15, 0.2) is 0 Å². The summed E-state index contributed by atoms with van der Waals surface area (Å²) in [5.41, 5.74) is -0.957. The number of carbonyl (C=O) groups is 1. The number of rotatable bonds is 6. The fraction of sp³-hybridized carbons (Fsp3) is 0.133. The van der Waals surface area contributed by atoms with Crippen molar-refractivity contribution >= 4 is 27.4 Å². The molecular weight excluding hydrogens is 355 g/mol. The number of benzene rings is 2. The summed E-state index contributed by atoms with van der Waals surface area (Å²) in [6.07, 6.45) is 0. The van der Waals surface area contributed by atoms with Gasteiger partial charge in [-0.3, -0.25) is 10.1 Å². The number of nitro benzene ring substituents is 1. The Morgan fingerprint density at radius 2 is 1.88 bits per heavy atom. The largest absolute Gasteiger partial charge is 0.480 e. The molecule has 0 heterocycles. The topological polar surface area (TPSA) is 118 Å². The molecule has 8 nitrogen and oxygen atoms in total. The van der Waals surface area contributed by atoms with E-state index in [9.17, 15) is 32.8 Å². The van der Waals surface area contributed by atoms with E-state index >= 15 is 0 Å². The highest BCUT2D eigenvalue weighted by atomic mass is 32.2. The van der Waals surface area contributed by atoms with Crippen molar-refractivity contribution in [2.45, 2.75) is 17.9 Å². The zero-order valence-corrected chi connectivity index (χ0v) is 13.7. The van der Waals surface area contributed by atoms with Crippen LogP contribution in [0.2, 0.25) is 0 Å². The van der Waals surface area contributed by atoms with Crippen LogP contribution < -0.4 is 4.31 Å². The Kier molecular flexibility index (Phi) is 5.02. The Balaban J connectivity index is 2.68. The fourth-order valence-electron chi connectivity index (χ4n) is 2.15. The van der Waals surface area contributed by atoms with Crippen molar-refractivity contribution in [2.24, 2.45) is 0 Å². The second-order valence-electron chi connectivity index (χ2n) is 5.02. The Bertz CT molecular complexity index is 931. The number of halogens is 1. The maximum absolute atomic E-state index is 14.1. The van der Waals surface area contributed by atoms with E-state index in [0.717, 1.165) is 43.3 Å². The van der Waals surface area contributed by atoms with Gasteiger partial charge >= 0.3 is 5.97 Å². The number of hydrogen-bond donors (Lipinski definition) is 1. The molecule has 1 unspecified atom stereocenters. The zero-order chi connectivity index (χ0) is 18.8. The maximum atomic E-state index is 14.1. The second kappa shape index (κ2) is 6.85. The van der Waals surface area contributed by atoms with E-state index < -0.39 is 49.0 Å². The second-order valence-corrected chi connectivity index (χ2v) is 6.84. The monoisotopic (exact) mass is 368 g/mol. The lowest BCUT2D eigenvalue weighted by Gasteiger charge is -2.28. The molecule has 0 saturated heterocycles. The molecule has 2 aromatic rings. The van der Waals surface area contributed by atoms with Gasteiger partial charge in [-0.2, -0.15) is 0 Å². The molecule has 0 aliphatic heterocycles. The molecule has 25 heavy (non-hydrogen) atoms. The van der Waals surface area contributed by atoms with Crippen molar-refractivity contribution < 1.29 is 27.6 Å². The Labute approximate surface area is 142 Å². The maximum Gasteiger partial charge on any atom is 0.327 e. The number of hydrogen-bond acceptors (Lipinski definition) is 5. The van der Waals surface area contributed by atoms with Gasteiger partial charge < -0.3 is 5.11 Å². The van der Waals surface area contributed by atoms with E-state index in [1.54, 1.807) is 0 Å². The van der Waals surface area contributed by atoms with Crippen LogP contribution in [0, 0.1) is 15.9 Å². The van der Waals surface area contributed by atoms with Crippen molar-refractivity contribution in [1.82, 2.24) is 0 Å². The summed E-state index contributed by atoms with van der Waals surface area (Å²) < 4.78 is 40.3. The number of anilines is 1. The van der Waals surface area contributed by atoms with E-state index in [2.05, 4.69) is 0 Å². The molecule has 0 radical (unpaired) electrons. The lowest BCUT2D eigenvalue weighted by atomic mass is 10.2. The molecular formula is C15H13FN2O6S. The van der Waals surface area contributed by atoms with E-state index in [4.69, 9.17) is 0 Å². The van der Waals surface area contributed by atoms with Gasteiger partial charge in [0.1, 0.15) is 11.9 Å². The summed E-state index contributed by atoms with van der Waals surface area (Å²) in [5, 5.41) is 20.1. The number of carboxylic acid groups (broad SMARTS) is 1. The van der Waals surface area contributed by atoms with Gasteiger partial charge in [-0.25, -0.2) is 21.9 Å². The molecule has 2 rings (SSSR count). The number of aliphatic carboxylic acids is 1. The molecule has 132 valence electrons. The van der Waals surface area contributed by atoms with Crippen molar-refractivity contribution in [3.05, 3.63) is 64.5 Å². The van der Waals surface area contributed by atoms with Crippen molar-refractivity contribution in [3.63, 3.8) is 0 Å². The molecule has 0 spiro atoms. The number of carboxylic acids is 1.